The highest BCUT2D eigenvalue weighted by Gasteiger charge is 2.60. The van der Waals surface area contributed by atoms with Crippen LogP contribution in [0.15, 0.2) is 59.1 Å². The molecule has 5 rings (SSSR count). The molecule has 6 atom stereocenters. The predicted molar refractivity (Wildman–Crippen MR) is 191 cm³/mol. The number of fused-ring (bicyclic) bond motifs is 1. The number of likely N-dealkylation sites (tertiary alicyclic amines) is 1. The van der Waals surface area contributed by atoms with E-state index in [-0.39, 0.29) is 66.2 Å². The zero-order valence-corrected chi connectivity index (χ0v) is 30.2. The van der Waals surface area contributed by atoms with Gasteiger partial charge in [0.05, 0.1) is 39.7 Å². The third-order valence-electron chi connectivity index (χ3n) is 9.14. The number of thioether (sulfide) groups is 2. The molecule has 2 fully saturated rings. The highest BCUT2D eigenvalue weighted by molar-refractivity contribution is 8.03. The number of esters is 1. The number of nitro groups is 2. The molecule has 3 amide bonds. The van der Waals surface area contributed by atoms with E-state index in [1.165, 1.54) is 88.8 Å². The number of nitrogens with one attached hydrogen (secondary N) is 1. The summed E-state index contributed by atoms with van der Waals surface area (Å²) in [6.07, 6.45) is -1.17. The van der Waals surface area contributed by atoms with Crippen molar-refractivity contribution in [2.45, 2.75) is 56.9 Å². The molecule has 0 saturated carbocycles. The lowest BCUT2D eigenvalue weighted by Crippen LogP contribution is -2.63. The number of hydrogen-bond acceptors (Lipinski definition) is 14. The van der Waals surface area contributed by atoms with E-state index >= 15 is 0 Å². The molecule has 3 heterocycles. The van der Waals surface area contributed by atoms with E-state index < -0.39 is 51.9 Å². The lowest BCUT2D eigenvalue weighted by Gasteiger charge is -2.46. The van der Waals surface area contributed by atoms with Crippen molar-refractivity contribution in [3.05, 3.63) is 90.5 Å². The van der Waals surface area contributed by atoms with Gasteiger partial charge in [-0.1, -0.05) is 6.92 Å². The van der Waals surface area contributed by atoms with Crippen LogP contribution in [-0.2, 0) is 37.1 Å². The second-order valence-corrected chi connectivity index (χ2v) is 15.0. The highest BCUT2D eigenvalue weighted by atomic mass is 32.2. The van der Waals surface area contributed by atoms with E-state index in [9.17, 15) is 44.5 Å². The van der Waals surface area contributed by atoms with Crippen molar-refractivity contribution in [1.29, 1.82) is 5.26 Å². The monoisotopic (exact) mass is 768 g/mol. The van der Waals surface area contributed by atoms with Crippen LogP contribution in [0.3, 0.4) is 0 Å². The Morgan fingerprint density at radius 3 is 2.17 bits per heavy atom. The maximum atomic E-state index is 13.7. The summed E-state index contributed by atoms with van der Waals surface area (Å²) in [5, 5.41) is 43.4. The van der Waals surface area contributed by atoms with Crippen LogP contribution in [0.5, 0.6) is 0 Å². The average molecular weight is 769 g/mol. The van der Waals surface area contributed by atoms with Crippen LogP contribution >= 0.6 is 23.5 Å². The Morgan fingerprint density at radius 2 is 1.62 bits per heavy atom. The molecule has 53 heavy (non-hydrogen) atoms. The van der Waals surface area contributed by atoms with E-state index in [0.717, 1.165) is 0 Å². The van der Waals surface area contributed by atoms with Gasteiger partial charge in [-0.15, -0.1) is 23.5 Å². The number of amides is 3. The second-order valence-electron chi connectivity index (χ2n) is 12.7. The number of nitriles is 1. The van der Waals surface area contributed by atoms with Gasteiger partial charge in [0.2, 0.25) is 11.8 Å². The second kappa shape index (κ2) is 17.1. The number of aliphatic hydroxyl groups excluding tert-OH is 1. The molecule has 280 valence electrons. The molecule has 2 saturated heterocycles. The fraction of sp³-hybridized carbons (Fsp3) is 0.441. The summed E-state index contributed by atoms with van der Waals surface area (Å²) < 4.78 is 11.2. The van der Waals surface area contributed by atoms with E-state index in [2.05, 4.69) is 5.32 Å². The average Bonchev–Trinajstić information content (AvgIpc) is 3.64. The third-order valence-corrected chi connectivity index (χ3v) is 11.7. The molecule has 19 heteroatoms. The fourth-order valence-corrected chi connectivity index (χ4v) is 9.09. The molecule has 0 aromatic heterocycles. The van der Waals surface area contributed by atoms with Crippen molar-refractivity contribution < 1.29 is 43.6 Å². The first-order valence-electron chi connectivity index (χ1n) is 16.5. The molecular formula is C34H36N6O11S2. The number of rotatable bonds is 15. The Kier molecular flexibility index (Phi) is 12.6. The molecule has 2 N–H and O–H groups in total. The number of aliphatic hydroxyl groups is 1. The van der Waals surface area contributed by atoms with Gasteiger partial charge in [-0.3, -0.25) is 29.8 Å². The van der Waals surface area contributed by atoms with E-state index in [1.54, 1.807) is 0 Å². The predicted octanol–water partition coefficient (Wildman–Crippen LogP) is 3.50. The molecule has 0 bridgehead atoms. The van der Waals surface area contributed by atoms with E-state index in [0.29, 0.717) is 28.2 Å². The molecule has 3 aliphatic rings. The highest BCUT2D eigenvalue weighted by Crippen LogP contribution is 2.52. The topological polar surface area (TPSA) is 236 Å². The fourth-order valence-electron chi connectivity index (χ4n) is 6.54. The van der Waals surface area contributed by atoms with Crippen LogP contribution in [0, 0.1) is 43.4 Å². The van der Waals surface area contributed by atoms with Gasteiger partial charge in [-0.05, 0) is 48.7 Å². The number of nitro benzene ring substituents is 2. The van der Waals surface area contributed by atoms with Crippen molar-refractivity contribution in [3.8, 4) is 6.07 Å². The quantitative estimate of drug-likeness (QED) is 0.0868. The molecule has 0 radical (unpaired) electrons. The number of benzene rings is 2. The van der Waals surface area contributed by atoms with Gasteiger partial charge in [0, 0.05) is 58.7 Å². The maximum absolute atomic E-state index is 13.7. The largest absolute Gasteiger partial charge is 0.456 e. The normalized spacial score (nSPS) is 22.4. The molecule has 0 aliphatic carbocycles. The zero-order valence-electron chi connectivity index (χ0n) is 28.6. The van der Waals surface area contributed by atoms with Crippen molar-refractivity contribution in [2.75, 3.05) is 24.6 Å². The van der Waals surface area contributed by atoms with Crippen LogP contribution < -0.4 is 5.32 Å². The van der Waals surface area contributed by atoms with E-state index in [1.807, 2.05) is 13.0 Å². The van der Waals surface area contributed by atoms with Crippen LogP contribution in [0.25, 0.3) is 0 Å². The standard InChI is InChI=1S/C34H36N6O11S2/c1-19-29-28(20(2)41)32(43)38(29)30(33(44)50-15-21-3-7-23(8-4-21)39(46)47)31(19)53-26-13-25(17-52-18-27(42)36-12-11-35)37(14-26)34(45)51-16-22-5-9-24(10-6-22)40(48)49/h3-10,19-20,25-26,28-29,41H,12-18H2,1-2H3,(H,36,42)/t19-,20-,25+,26+,28-,29-/m1/s1. The van der Waals surface area contributed by atoms with Crippen LogP contribution in [0.4, 0.5) is 16.2 Å². The first-order valence-corrected chi connectivity index (χ1v) is 18.5. The summed E-state index contributed by atoms with van der Waals surface area (Å²) in [6, 6.07) is 12.1. The van der Waals surface area contributed by atoms with Crippen molar-refractivity contribution in [2.24, 2.45) is 11.8 Å². The molecule has 3 aliphatic heterocycles. The minimum Gasteiger partial charge on any atom is -0.456 e. The number of carbonyl (C=O) groups is 4. The van der Waals surface area contributed by atoms with Crippen molar-refractivity contribution >= 4 is 58.8 Å². The number of hydrogen-bond donors (Lipinski definition) is 2. The summed E-state index contributed by atoms with van der Waals surface area (Å²) in [4.78, 5) is 77.0. The molecule has 0 spiro atoms. The Bertz CT molecular complexity index is 1830. The van der Waals surface area contributed by atoms with Crippen molar-refractivity contribution in [1.82, 2.24) is 15.1 Å². The van der Waals surface area contributed by atoms with Crippen LogP contribution in [0.2, 0.25) is 0 Å². The van der Waals surface area contributed by atoms with Crippen LogP contribution in [-0.4, -0.2) is 96.7 Å². The van der Waals surface area contributed by atoms with Gasteiger partial charge in [0.1, 0.15) is 25.5 Å². The molecule has 0 unspecified atom stereocenters. The summed E-state index contributed by atoms with van der Waals surface area (Å²) in [5.74, 6) is -2.22. The first kappa shape index (κ1) is 39.0. The Labute approximate surface area is 311 Å². The van der Waals surface area contributed by atoms with Gasteiger partial charge in [0.15, 0.2) is 0 Å². The summed E-state index contributed by atoms with van der Waals surface area (Å²) in [6.45, 7) is 3.08. The first-order chi connectivity index (χ1) is 25.3. The maximum Gasteiger partial charge on any atom is 0.410 e. The van der Waals surface area contributed by atoms with Crippen LogP contribution in [0.1, 0.15) is 31.4 Å². The van der Waals surface area contributed by atoms with E-state index in [4.69, 9.17) is 14.7 Å². The zero-order chi connectivity index (χ0) is 38.4. The lowest BCUT2D eigenvalue weighted by molar-refractivity contribution is -0.385. The summed E-state index contributed by atoms with van der Waals surface area (Å²) in [7, 11) is 0. The minimum atomic E-state index is -0.966. The smallest absolute Gasteiger partial charge is 0.410 e. The number of nitrogens with zero attached hydrogens (tertiary/aromatic N) is 5. The summed E-state index contributed by atoms with van der Waals surface area (Å²) >= 11 is 2.61. The van der Waals surface area contributed by atoms with Gasteiger partial charge in [-0.2, -0.15) is 5.26 Å². The number of carbonyl (C=O) groups excluding carboxylic acids is 4. The molecule has 2 aromatic carbocycles. The minimum absolute atomic E-state index is 0.0497. The Balaban J connectivity index is 1.33. The lowest BCUT2D eigenvalue weighted by atomic mass is 9.79. The van der Waals surface area contributed by atoms with Gasteiger partial charge in [-0.25, -0.2) is 9.59 Å². The SMILES string of the molecule is C[C@@H](O)[C@H]1C(=O)N2C(C(=O)OCc3ccc([N+](=O)[O-])cc3)=C(S[C@H]3C[C@@H](CSCC(=O)NCC#N)N(C(=O)OCc4ccc([N+](=O)[O-])cc4)C3)[C@H](C)[C@H]12. The van der Waals surface area contributed by atoms with Crippen molar-refractivity contribution in [3.63, 3.8) is 0 Å². The number of β-lactam (4-membered cyclic amide) rings is 1. The molecule has 2 aromatic rings. The number of non-ortho nitro benzene ring substituents is 2. The molecule has 17 nitrogen and oxygen atoms in total. The van der Waals surface area contributed by atoms with Gasteiger partial charge in [0.25, 0.3) is 11.4 Å². The third kappa shape index (κ3) is 8.89. The Morgan fingerprint density at radius 1 is 1.04 bits per heavy atom. The number of ether oxygens (including phenoxy) is 2. The van der Waals surface area contributed by atoms with Gasteiger partial charge >= 0.3 is 12.1 Å². The van der Waals surface area contributed by atoms with Gasteiger partial charge < -0.3 is 29.7 Å². The molecular weight excluding hydrogens is 733 g/mol. The summed E-state index contributed by atoms with van der Waals surface area (Å²) in [5.41, 5.74) is 0.864. The Hall–Kier alpha value is -5.19.